The number of hydrogen-bond acceptors (Lipinski definition) is 7. The van der Waals surface area contributed by atoms with Crippen LogP contribution in [0.15, 0.2) is 15.8 Å². The molecule has 0 radical (unpaired) electrons. The molecule has 0 amide bonds. The maximum absolute atomic E-state index is 12.8. The summed E-state index contributed by atoms with van der Waals surface area (Å²) in [6.07, 6.45) is -1.38. The Balaban J connectivity index is 2.61. The average Bonchev–Trinajstić information content (AvgIpc) is 2.93. The Bertz CT molecular complexity index is 1010. The van der Waals surface area contributed by atoms with E-state index in [1.54, 1.807) is 6.92 Å². The van der Waals surface area contributed by atoms with Crippen molar-refractivity contribution in [3.8, 4) is 0 Å². The number of aromatic nitrogens is 2. The van der Waals surface area contributed by atoms with Gasteiger partial charge >= 0.3 is 5.69 Å². The highest BCUT2D eigenvalue weighted by atomic mass is 28.4. The molecule has 1 aromatic rings. The summed E-state index contributed by atoms with van der Waals surface area (Å²) in [4.78, 5) is 27.0. The van der Waals surface area contributed by atoms with E-state index in [1.807, 2.05) is 0 Å². The lowest BCUT2D eigenvalue weighted by Crippen LogP contribution is -2.57. The van der Waals surface area contributed by atoms with Crippen molar-refractivity contribution >= 4 is 16.6 Å². The number of H-pyrrole nitrogens is 1. The molecule has 1 fully saturated rings. The van der Waals surface area contributed by atoms with Crippen molar-refractivity contribution in [3.63, 3.8) is 0 Å². The van der Waals surface area contributed by atoms with Crippen LogP contribution in [0.25, 0.3) is 0 Å². The molecule has 11 heteroatoms. The van der Waals surface area contributed by atoms with E-state index in [2.05, 4.69) is 72.7 Å². The summed E-state index contributed by atoms with van der Waals surface area (Å²) in [7, 11) is -4.58. The first kappa shape index (κ1) is 30.1. The Morgan fingerprint density at radius 3 is 2.11 bits per heavy atom. The van der Waals surface area contributed by atoms with Crippen molar-refractivity contribution in [2.75, 3.05) is 13.2 Å². The number of hydrogen-bond donors (Lipinski definition) is 3. The Labute approximate surface area is 211 Å². The zero-order valence-corrected chi connectivity index (χ0v) is 25.3. The van der Waals surface area contributed by atoms with Crippen LogP contribution in [-0.4, -0.2) is 67.4 Å². The van der Waals surface area contributed by atoms with Crippen molar-refractivity contribution in [3.05, 3.63) is 32.6 Å². The highest BCUT2D eigenvalue weighted by molar-refractivity contribution is 6.74. The van der Waals surface area contributed by atoms with E-state index < -0.39 is 51.9 Å². The van der Waals surface area contributed by atoms with Crippen molar-refractivity contribution in [1.82, 2.24) is 9.55 Å². The normalized spacial score (nSPS) is 26.4. The Hall–Kier alpha value is -1.09. The first-order valence-electron chi connectivity index (χ1n) is 12.3. The van der Waals surface area contributed by atoms with E-state index in [-0.39, 0.29) is 29.7 Å². The largest absolute Gasteiger partial charge is 0.414 e. The summed E-state index contributed by atoms with van der Waals surface area (Å²) >= 11 is 0. The average molecular weight is 531 g/mol. The topological polar surface area (TPSA) is 123 Å². The Morgan fingerprint density at radius 2 is 1.63 bits per heavy atom. The summed E-state index contributed by atoms with van der Waals surface area (Å²) in [5.41, 5.74) is -2.61. The lowest BCUT2D eigenvalue weighted by Gasteiger charge is -2.43. The molecule has 9 nitrogen and oxygen atoms in total. The number of aromatic amines is 1. The lowest BCUT2D eigenvalue weighted by molar-refractivity contribution is -0.118. The predicted molar refractivity (Wildman–Crippen MR) is 142 cm³/mol. The third-order valence-electron chi connectivity index (χ3n) is 8.11. The number of nitrogens with one attached hydrogen (secondary N) is 1. The number of nitrogens with zero attached hydrogens (tertiary/aromatic N) is 1. The van der Waals surface area contributed by atoms with E-state index in [0.717, 1.165) is 0 Å². The van der Waals surface area contributed by atoms with Gasteiger partial charge < -0.3 is 23.8 Å². The van der Waals surface area contributed by atoms with Gasteiger partial charge in [-0.05, 0) is 43.2 Å². The zero-order valence-electron chi connectivity index (χ0n) is 23.3. The van der Waals surface area contributed by atoms with Crippen LogP contribution in [0.2, 0.25) is 36.3 Å². The summed E-state index contributed by atoms with van der Waals surface area (Å²) in [6.45, 7) is 22.6. The first-order chi connectivity index (χ1) is 15.7. The van der Waals surface area contributed by atoms with Gasteiger partial charge in [0.2, 0.25) is 0 Å². The number of rotatable bonds is 8. The van der Waals surface area contributed by atoms with Gasteiger partial charge in [-0.3, -0.25) is 14.3 Å². The second-order valence-electron chi connectivity index (χ2n) is 12.8. The van der Waals surface area contributed by atoms with Crippen LogP contribution in [0.3, 0.4) is 0 Å². The number of ether oxygens (including phenoxy) is 1. The Morgan fingerprint density at radius 1 is 1.09 bits per heavy atom. The quantitative estimate of drug-likeness (QED) is 0.441. The number of aliphatic hydroxyl groups is 2. The third kappa shape index (κ3) is 6.08. The predicted octanol–water partition coefficient (Wildman–Crippen LogP) is 3.27. The molecule has 0 aliphatic carbocycles. The molecule has 0 bridgehead atoms. The Kier molecular flexibility index (Phi) is 8.61. The maximum atomic E-state index is 12.8. The molecule has 0 aromatic carbocycles. The van der Waals surface area contributed by atoms with E-state index >= 15 is 0 Å². The second kappa shape index (κ2) is 9.99. The standard InChI is InChI=1S/C24H46N2O7Si2/c1-16-14-26(21(29)25-19(16)28)20-24(30,12-13-27)18(33-35(10,11)23(5,6)7)17(32-20)15-31-34(8,9)22(2,3)4/h14,17-18,20,27,30H,12-13,15H2,1-11H3,(H,25,28,29)/t17-,18-,20-,24-/m1/s1. The molecule has 35 heavy (non-hydrogen) atoms. The van der Waals surface area contributed by atoms with Gasteiger partial charge in [-0.25, -0.2) is 4.79 Å². The van der Waals surface area contributed by atoms with Gasteiger partial charge in [0.05, 0.1) is 6.61 Å². The van der Waals surface area contributed by atoms with Crippen LogP contribution in [-0.2, 0) is 13.6 Å². The lowest BCUT2D eigenvalue weighted by atomic mass is 9.90. The summed E-state index contributed by atoms with van der Waals surface area (Å²) in [5.74, 6) is 0. The fraction of sp³-hybridized carbons (Fsp3) is 0.833. The summed E-state index contributed by atoms with van der Waals surface area (Å²) < 4.78 is 20.7. The first-order valence-corrected chi connectivity index (χ1v) is 18.1. The molecular formula is C24H46N2O7Si2. The van der Waals surface area contributed by atoms with Crippen molar-refractivity contribution in [2.45, 2.75) is 115 Å². The summed E-state index contributed by atoms with van der Waals surface area (Å²) in [6, 6.07) is 0. The fourth-order valence-corrected chi connectivity index (χ4v) is 5.99. The number of aliphatic hydroxyl groups excluding tert-OH is 1. The van der Waals surface area contributed by atoms with Gasteiger partial charge in [0.1, 0.15) is 17.8 Å². The van der Waals surface area contributed by atoms with Gasteiger partial charge in [-0.15, -0.1) is 0 Å². The molecular weight excluding hydrogens is 484 g/mol. The minimum absolute atomic E-state index is 0.0326. The van der Waals surface area contributed by atoms with E-state index in [1.165, 1.54) is 10.8 Å². The molecule has 0 unspecified atom stereocenters. The second-order valence-corrected chi connectivity index (χ2v) is 22.4. The van der Waals surface area contributed by atoms with Gasteiger partial charge in [0, 0.05) is 24.8 Å². The van der Waals surface area contributed by atoms with E-state index in [0.29, 0.717) is 5.56 Å². The zero-order chi connectivity index (χ0) is 27.2. The minimum atomic E-state index is -2.42. The van der Waals surface area contributed by atoms with Crippen LogP contribution < -0.4 is 11.2 Å². The highest BCUT2D eigenvalue weighted by Gasteiger charge is 2.60. The molecule has 202 valence electrons. The van der Waals surface area contributed by atoms with Crippen LogP contribution in [0, 0.1) is 6.92 Å². The SMILES string of the molecule is Cc1cn([C@@H]2O[C@H](CO[Si](C)(C)C(C)(C)C)[C@@H](O[Si](C)(C)C(C)(C)C)[C@]2(O)CCO)c(=O)[nH]c1=O. The highest BCUT2D eigenvalue weighted by Crippen LogP contribution is 2.47. The van der Waals surface area contributed by atoms with Crippen LogP contribution in [0.5, 0.6) is 0 Å². The minimum Gasteiger partial charge on any atom is -0.414 e. The van der Waals surface area contributed by atoms with E-state index in [9.17, 15) is 19.8 Å². The van der Waals surface area contributed by atoms with Gasteiger partial charge in [-0.2, -0.15) is 0 Å². The number of aryl methyl sites for hydroxylation is 1. The summed E-state index contributed by atoms with van der Waals surface area (Å²) in [5, 5.41) is 21.8. The van der Waals surface area contributed by atoms with Crippen LogP contribution in [0.4, 0.5) is 0 Å². The molecule has 4 atom stereocenters. The molecule has 0 saturated carbocycles. The molecule has 2 heterocycles. The molecule has 1 aliphatic rings. The van der Waals surface area contributed by atoms with Gasteiger partial charge in [-0.1, -0.05) is 41.5 Å². The van der Waals surface area contributed by atoms with Crippen molar-refractivity contribution in [1.29, 1.82) is 0 Å². The van der Waals surface area contributed by atoms with E-state index in [4.69, 9.17) is 13.6 Å². The fourth-order valence-electron chi connectivity index (χ4n) is 3.63. The molecule has 1 saturated heterocycles. The molecule has 3 N–H and O–H groups in total. The van der Waals surface area contributed by atoms with Crippen molar-refractivity contribution < 1.29 is 23.8 Å². The maximum Gasteiger partial charge on any atom is 0.330 e. The third-order valence-corrected chi connectivity index (χ3v) is 17.1. The molecule has 1 aliphatic heterocycles. The van der Waals surface area contributed by atoms with Crippen LogP contribution >= 0.6 is 0 Å². The van der Waals surface area contributed by atoms with Crippen LogP contribution in [0.1, 0.15) is 59.8 Å². The van der Waals surface area contributed by atoms with Crippen molar-refractivity contribution in [2.24, 2.45) is 0 Å². The molecule has 1 aromatic heterocycles. The van der Waals surface area contributed by atoms with Gasteiger partial charge in [0.15, 0.2) is 22.9 Å². The smallest absolute Gasteiger partial charge is 0.330 e. The molecule has 2 rings (SSSR count). The molecule has 0 spiro atoms. The monoisotopic (exact) mass is 530 g/mol. The van der Waals surface area contributed by atoms with Gasteiger partial charge in [0.25, 0.3) is 5.56 Å².